The summed E-state index contributed by atoms with van der Waals surface area (Å²) in [6, 6.07) is 14.7. The quantitative estimate of drug-likeness (QED) is 0.814. The van der Waals surface area contributed by atoms with Crippen molar-refractivity contribution in [3.05, 3.63) is 71.5 Å². The zero-order valence-electron chi connectivity index (χ0n) is 15.8. The Labute approximate surface area is 158 Å². The Morgan fingerprint density at radius 3 is 2.30 bits per heavy atom. The lowest BCUT2D eigenvalue weighted by molar-refractivity contribution is -0.123. The first-order valence-electron chi connectivity index (χ1n) is 8.79. The van der Waals surface area contributed by atoms with Crippen LogP contribution in [0.4, 0.5) is 9.18 Å². The molecule has 0 saturated heterocycles. The van der Waals surface area contributed by atoms with Crippen molar-refractivity contribution < 1.29 is 18.7 Å². The first-order chi connectivity index (χ1) is 12.7. The topological polar surface area (TPSA) is 67.4 Å². The lowest BCUT2D eigenvalue weighted by Gasteiger charge is -2.23. The number of carbonyl (C=O) groups is 2. The van der Waals surface area contributed by atoms with Gasteiger partial charge in [-0.3, -0.25) is 4.79 Å². The maximum atomic E-state index is 13.7. The molecule has 1 unspecified atom stereocenters. The van der Waals surface area contributed by atoms with Gasteiger partial charge in [0.05, 0.1) is 0 Å². The highest BCUT2D eigenvalue weighted by atomic mass is 19.1. The molecule has 0 saturated carbocycles. The van der Waals surface area contributed by atoms with Crippen LogP contribution in [0.15, 0.2) is 54.6 Å². The first-order valence-corrected chi connectivity index (χ1v) is 8.79. The molecule has 0 spiro atoms. The van der Waals surface area contributed by atoms with Gasteiger partial charge in [-0.25, -0.2) is 9.18 Å². The predicted molar refractivity (Wildman–Crippen MR) is 102 cm³/mol. The molecule has 2 rings (SSSR count). The molecular weight excluding hydrogens is 347 g/mol. The SMILES string of the molecule is CC(C)(C)OC(=O)NC(Cc1ccccc1)C(=O)NCc1ccccc1F. The van der Waals surface area contributed by atoms with Crippen LogP contribution >= 0.6 is 0 Å². The summed E-state index contributed by atoms with van der Waals surface area (Å²) < 4.78 is 19.0. The highest BCUT2D eigenvalue weighted by Crippen LogP contribution is 2.10. The van der Waals surface area contributed by atoms with Gasteiger partial charge in [0.1, 0.15) is 17.5 Å². The van der Waals surface area contributed by atoms with Crippen molar-refractivity contribution in [3.8, 4) is 0 Å². The number of halogens is 1. The molecule has 0 aliphatic carbocycles. The maximum Gasteiger partial charge on any atom is 0.408 e. The van der Waals surface area contributed by atoms with E-state index in [1.807, 2.05) is 30.3 Å². The number of benzene rings is 2. The fourth-order valence-electron chi connectivity index (χ4n) is 2.46. The average molecular weight is 372 g/mol. The number of ether oxygens (including phenoxy) is 1. The third kappa shape index (κ3) is 7.09. The summed E-state index contributed by atoms with van der Waals surface area (Å²) in [7, 11) is 0. The Hall–Kier alpha value is -2.89. The molecule has 0 aromatic heterocycles. The van der Waals surface area contributed by atoms with E-state index in [1.54, 1.807) is 39.0 Å². The second-order valence-corrected chi connectivity index (χ2v) is 7.20. The van der Waals surface area contributed by atoms with E-state index < -0.39 is 29.5 Å². The Morgan fingerprint density at radius 1 is 1.04 bits per heavy atom. The zero-order chi connectivity index (χ0) is 19.9. The van der Waals surface area contributed by atoms with Gasteiger partial charge < -0.3 is 15.4 Å². The Bertz CT molecular complexity index is 772. The minimum Gasteiger partial charge on any atom is -0.444 e. The summed E-state index contributed by atoms with van der Waals surface area (Å²) in [6.07, 6.45) is -0.382. The number of hydrogen-bond donors (Lipinski definition) is 2. The number of nitrogens with one attached hydrogen (secondary N) is 2. The van der Waals surface area contributed by atoms with Crippen molar-refractivity contribution in [1.82, 2.24) is 10.6 Å². The van der Waals surface area contributed by atoms with Gasteiger partial charge in [0.15, 0.2) is 0 Å². The lowest BCUT2D eigenvalue weighted by Crippen LogP contribution is -2.49. The minimum atomic E-state index is -0.839. The monoisotopic (exact) mass is 372 g/mol. The van der Waals surface area contributed by atoms with Crippen molar-refractivity contribution >= 4 is 12.0 Å². The summed E-state index contributed by atoms with van der Waals surface area (Å²) in [4.78, 5) is 24.7. The normalized spacial score (nSPS) is 12.1. The van der Waals surface area contributed by atoms with Crippen molar-refractivity contribution in [2.45, 2.75) is 45.4 Å². The number of amides is 2. The smallest absolute Gasteiger partial charge is 0.408 e. The molecule has 0 aliphatic heterocycles. The standard InChI is InChI=1S/C21H25FN2O3/c1-21(2,3)27-20(26)24-18(13-15-9-5-4-6-10-15)19(25)23-14-16-11-7-8-12-17(16)22/h4-12,18H,13-14H2,1-3H3,(H,23,25)(H,24,26). The van der Waals surface area contributed by atoms with Gasteiger partial charge in [0.25, 0.3) is 0 Å². The van der Waals surface area contributed by atoms with E-state index >= 15 is 0 Å². The van der Waals surface area contributed by atoms with Crippen LogP contribution in [0.3, 0.4) is 0 Å². The van der Waals surface area contributed by atoms with Crippen LogP contribution < -0.4 is 10.6 Å². The molecular formula is C21H25FN2O3. The van der Waals surface area contributed by atoms with E-state index in [0.29, 0.717) is 12.0 Å². The molecule has 2 aromatic rings. The molecule has 5 nitrogen and oxygen atoms in total. The van der Waals surface area contributed by atoms with Crippen molar-refractivity contribution in [3.63, 3.8) is 0 Å². The Morgan fingerprint density at radius 2 is 1.67 bits per heavy atom. The Balaban J connectivity index is 2.06. The molecule has 0 bridgehead atoms. The molecule has 144 valence electrons. The van der Waals surface area contributed by atoms with Crippen molar-refractivity contribution in [2.24, 2.45) is 0 Å². The number of alkyl carbamates (subject to hydrolysis) is 1. The summed E-state index contributed by atoms with van der Waals surface area (Å²) in [5, 5.41) is 5.28. The van der Waals surface area contributed by atoms with Gasteiger partial charge in [0.2, 0.25) is 5.91 Å². The maximum absolute atomic E-state index is 13.7. The van der Waals surface area contributed by atoms with Gasteiger partial charge in [-0.15, -0.1) is 0 Å². The lowest BCUT2D eigenvalue weighted by atomic mass is 10.1. The van der Waals surface area contributed by atoms with Gasteiger partial charge >= 0.3 is 6.09 Å². The third-order valence-electron chi connectivity index (χ3n) is 3.70. The molecule has 0 aliphatic rings. The molecule has 2 N–H and O–H groups in total. The van der Waals surface area contributed by atoms with E-state index in [-0.39, 0.29) is 6.54 Å². The summed E-state index contributed by atoms with van der Waals surface area (Å²) in [6.45, 7) is 5.28. The largest absolute Gasteiger partial charge is 0.444 e. The number of carbonyl (C=O) groups excluding carboxylic acids is 2. The summed E-state index contributed by atoms with van der Waals surface area (Å²) in [5.41, 5.74) is 0.589. The van der Waals surface area contributed by atoms with Crippen LogP contribution in [0.5, 0.6) is 0 Å². The second-order valence-electron chi connectivity index (χ2n) is 7.20. The van der Waals surface area contributed by atoms with Gasteiger partial charge in [-0.2, -0.15) is 0 Å². The number of rotatable bonds is 6. The van der Waals surface area contributed by atoms with Crippen molar-refractivity contribution in [2.75, 3.05) is 0 Å². The molecule has 6 heteroatoms. The van der Waals surface area contributed by atoms with Crippen LogP contribution in [-0.4, -0.2) is 23.6 Å². The van der Waals surface area contributed by atoms with Crippen LogP contribution in [0, 0.1) is 5.82 Å². The molecule has 1 atom stereocenters. The van der Waals surface area contributed by atoms with E-state index in [0.717, 1.165) is 5.56 Å². The molecule has 2 aromatic carbocycles. The third-order valence-corrected chi connectivity index (χ3v) is 3.70. The average Bonchev–Trinajstić information content (AvgIpc) is 2.59. The fraction of sp³-hybridized carbons (Fsp3) is 0.333. The molecule has 0 fully saturated rings. The highest BCUT2D eigenvalue weighted by molar-refractivity contribution is 5.86. The van der Waals surface area contributed by atoms with Crippen LogP contribution in [0.25, 0.3) is 0 Å². The molecule has 2 amide bonds. The van der Waals surface area contributed by atoms with E-state index in [1.165, 1.54) is 6.07 Å². The van der Waals surface area contributed by atoms with Crippen molar-refractivity contribution in [1.29, 1.82) is 0 Å². The minimum absolute atomic E-state index is 0.0345. The summed E-state index contributed by atoms with van der Waals surface area (Å²) >= 11 is 0. The van der Waals surface area contributed by atoms with E-state index in [4.69, 9.17) is 4.74 Å². The van der Waals surface area contributed by atoms with Gasteiger partial charge in [0, 0.05) is 18.5 Å². The Kier molecular flexibility index (Phi) is 6.93. The molecule has 0 radical (unpaired) electrons. The summed E-state index contributed by atoms with van der Waals surface area (Å²) in [5.74, 6) is -0.800. The van der Waals surface area contributed by atoms with Gasteiger partial charge in [-0.05, 0) is 32.4 Å². The second kappa shape index (κ2) is 9.16. The van der Waals surface area contributed by atoms with Crippen LogP contribution in [0.1, 0.15) is 31.9 Å². The highest BCUT2D eigenvalue weighted by Gasteiger charge is 2.24. The predicted octanol–water partition coefficient (Wildman–Crippen LogP) is 3.58. The first kappa shape index (κ1) is 20.4. The van der Waals surface area contributed by atoms with Crippen LogP contribution in [-0.2, 0) is 22.5 Å². The zero-order valence-corrected chi connectivity index (χ0v) is 15.8. The van der Waals surface area contributed by atoms with Gasteiger partial charge in [-0.1, -0.05) is 48.5 Å². The number of hydrogen-bond acceptors (Lipinski definition) is 3. The van der Waals surface area contributed by atoms with Crippen LogP contribution in [0.2, 0.25) is 0 Å². The molecule has 27 heavy (non-hydrogen) atoms. The fourth-order valence-corrected chi connectivity index (χ4v) is 2.46. The van der Waals surface area contributed by atoms with E-state index in [9.17, 15) is 14.0 Å². The molecule has 0 heterocycles. The van der Waals surface area contributed by atoms with E-state index in [2.05, 4.69) is 10.6 Å².